The Labute approximate surface area is 157 Å². The van der Waals surface area contributed by atoms with Crippen LogP contribution in [-0.4, -0.2) is 47.0 Å². The van der Waals surface area contributed by atoms with Crippen molar-refractivity contribution in [2.75, 3.05) is 20.1 Å². The van der Waals surface area contributed by atoms with Crippen molar-refractivity contribution >= 4 is 28.2 Å². The molecule has 1 aromatic carbocycles. The maximum absolute atomic E-state index is 12.6. The van der Waals surface area contributed by atoms with E-state index < -0.39 is 0 Å². The Morgan fingerprint density at radius 2 is 2.04 bits per heavy atom. The lowest BCUT2D eigenvalue weighted by atomic mass is 10.0. The number of piperidine rings is 1. The first-order valence-electron chi connectivity index (χ1n) is 9.01. The van der Waals surface area contributed by atoms with Gasteiger partial charge in [0.05, 0.1) is 4.88 Å². The fourth-order valence-electron chi connectivity index (χ4n) is 3.63. The molecular weight excluding hydrogens is 346 g/mol. The number of hydrogen-bond acceptors (Lipinski definition) is 5. The molecule has 1 amide bonds. The molecule has 0 aliphatic carbocycles. The van der Waals surface area contributed by atoms with Gasteiger partial charge in [0.1, 0.15) is 5.69 Å². The highest BCUT2D eigenvalue weighted by Gasteiger charge is 2.27. The van der Waals surface area contributed by atoms with Gasteiger partial charge in [-0.15, -0.1) is 11.3 Å². The average Bonchev–Trinajstić information content (AvgIpc) is 3.28. The summed E-state index contributed by atoms with van der Waals surface area (Å²) in [5, 5.41) is 5.32. The molecular formula is C20H23N3O2S. The van der Waals surface area contributed by atoms with Gasteiger partial charge in [0.2, 0.25) is 0 Å². The summed E-state index contributed by atoms with van der Waals surface area (Å²) in [6, 6.07) is 12.4. The van der Waals surface area contributed by atoms with E-state index in [1.807, 2.05) is 42.2 Å². The predicted octanol–water partition coefficient (Wildman–Crippen LogP) is 3.93. The van der Waals surface area contributed by atoms with Gasteiger partial charge in [0.25, 0.3) is 5.91 Å². The van der Waals surface area contributed by atoms with Crippen LogP contribution in [0.2, 0.25) is 0 Å². The molecule has 0 bridgehead atoms. The largest absolute Gasteiger partial charge is 0.356 e. The molecule has 4 rings (SSSR count). The summed E-state index contributed by atoms with van der Waals surface area (Å²) >= 11 is 1.58. The smallest absolute Gasteiger partial charge is 0.263 e. The monoisotopic (exact) mass is 369 g/mol. The lowest BCUT2D eigenvalue weighted by Gasteiger charge is -2.36. The van der Waals surface area contributed by atoms with Crippen molar-refractivity contribution in [3.8, 4) is 0 Å². The number of carbonyl (C=O) groups is 1. The van der Waals surface area contributed by atoms with E-state index in [1.165, 1.54) is 4.88 Å². The van der Waals surface area contributed by atoms with Gasteiger partial charge in [-0.3, -0.25) is 9.69 Å². The molecule has 0 radical (unpaired) electrons. The summed E-state index contributed by atoms with van der Waals surface area (Å²) in [5.41, 5.74) is 1.82. The van der Waals surface area contributed by atoms with E-state index >= 15 is 0 Å². The number of fused-ring (bicyclic) bond motifs is 1. The minimum Gasteiger partial charge on any atom is -0.356 e. The minimum atomic E-state index is 0.173. The highest BCUT2D eigenvalue weighted by molar-refractivity contribution is 7.13. The van der Waals surface area contributed by atoms with Crippen LogP contribution >= 0.6 is 11.3 Å². The maximum Gasteiger partial charge on any atom is 0.263 e. The third kappa shape index (κ3) is 3.39. The first-order valence-corrected chi connectivity index (χ1v) is 9.82. The lowest BCUT2D eigenvalue weighted by molar-refractivity contribution is 0.0643. The zero-order valence-corrected chi connectivity index (χ0v) is 16.0. The minimum absolute atomic E-state index is 0.173. The Morgan fingerprint density at radius 1 is 1.27 bits per heavy atom. The fourth-order valence-corrected chi connectivity index (χ4v) is 4.47. The van der Waals surface area contributed by atoms with Crippen molar-refractivity contribution in [2.24, 2.45) is 0 Å². The Bertz CT molecular complexity index is 909. The number of para-hydroxylation sites is 1. The van der Waals surface area contributed by atoms with Crippen LogP contribution in [0.5, 0.6) is 0 Å². The number of amides is 1. The number of nitrogens with zero attached hydrogens (tertiary/aromatic N) is 3. The van der Waals surface area contributed by atoms with Crippen LogP contribution in [0.1, 0.15) is 33.1 Å². The molecule has 136 valence electrons. The molecule has 1 aliphatic rings. The SMILES string of the molecule is Cc1ccc(C(=O)N2CCC(N(C)Cc3noc4ccccc34)CC2)s1. The highest BCUT2D eigenvalue weighted by atomic mass is 32.1. The molecule has 1 saturated heterocycles. The number of carbonyl (C=O) groups excluding carboxylic acids is 1. The Morgan fingerprint density at radius 3 is 2.77 bits per heavy atom. The summed E-state index contributed by atoms with van der Waals surface area (Å²) in [4.78, 5) is 18.9. The Kier molecular flexibility index (Phi) is 4.78. The number of thiophene rings is 1. The van der Waals surface area contributed by atoms with Gasteiger partial charge in [0, 0.05) is 35.9 Å². The van der Waals surface area contributed by atoms with Crippen molar-refractivity contribution in [3.63, 3.8) is 0 Å². The van der Waals surface area contributed by atoms with Crippen LogP contribution in [0, 0.1) is 6.92 Å². The standard InChI is InChI=1S/C20H23N3O2S/c1-14-7-8-19(26-14)20(24)23-11-9-15(10-12-23)22(2)13-17-16-5-3-4-6-18(16)25-21-17/h3-8,15H,9-13H2,1-2H3. The van der Waals surface area contributed by atoms with Gasteiger partial charge in [-0.2, -0.15) is 0 Å². The summed E-state index contributed by atoms with van der Waals surface area (Å²) in [5.74, 6) is 0.173. The van der Waals surface area contributed by atoms with Crippen LogP contribution in [0.3, 0.4) is 0 Å². The topological polar surface area (TPSA) is 49.6 Å². The van der Waals surface area contributed by atoms with Crippen LogP contribution in [0.25, 0.3) is 11.0 Å². The predicted molar refractivity (Wildman–Crippen MR) is 103 cm³/mol. The first-order chi connectivity index (χ1) is 12.6. The maximum atomic E-state index is 12.6. The second-order valence-electron chi connectivity index (χ2n) is 6.97. The lowest BCUT2D eigenvalue weighted by Crippen LogP contribution is -2.45. The van der Waals surface area contributed by atoms with Crippen LogP contribution in [-0.2, 0) is 6.54 Å². The van der Waals surface area contributed by atoms with Gasteiger partial charge >= 0.3 is 0 Å². The molecule has 1 fully saturated rings. The van der Waals surface area contributed by atoms with E-state index in [-0.39, 0.29) is 5.91 Å². The molecule has 0 spiro atoms. The van der Waals surface area contributed by atoms with E-state index in [0.717, 1.165) is 54.0 Å². The third-order valence-electron chi connectivity index (χ3n) is 5.18. The number of hydrogen-bond donors (Lipinski definition) is 0. The molecule has 3 aromatic rings. The molecule has 26 heavy (non-hydrogen) atoms. The van der Waals surface area contributed by atoms with Crippen molar-refractivity contribution in [3.05, 3.63) is 51.8 Å². The normalized spacial score (nSPS) is 15.9. The van der Waals surface area contributed by atoms with Crippen molar-refractivity contribution in [1.82, 2.24) is 15.0 Å². The third-order valence-corrected chi connectivity index (χ3v) is 6.17. The molecule has 2 aromatic heterocycles. The van der Waals surface area contributed by atoms with Crippen molar-refractivity contribution in [1.29, 1.82) is 0 Å². The quantitative estimate of drug-likeness (QED) is 0.699. The molecule has 6 heteroatoms. The molecule has 5 nitrogen and oxygen atoms in total. The van der Waals surface area contributed by atoms with Gasteiger partial charge in [-0.05, 0) is 51.1 Å². The summed E-state index contributed by atoms with van der Waals surface area (Å²) in [6.45, 7) is 4.42. The molecule has 1 aliphatic heterocycles. The van der Waals surface area contributed by atoms with Crippen LogP contribution in [0.4, 0.5) is 0 Å². The first kappa shape index (κ1) is 17.2. The second-order valence-corrected chi connectivity index (χ2v) is 8.26. The average molecular weight is 369 g/mol. The Balaban J connectivity index is 1.36. The summed E-state index contributed by atoms with van der Waals surface area (Å²) in [7, 11) is 2.13. The van der Waals surface area contributed by atoms with E-state index in [1.54, 1.807) is 11.3 Å². The number of rotatable bonds is 4. The molecule has 0 unspecified atom stereocenters. The zero-order chi connectivity index (χ0) is 18.1. The molecule has 0 saturated carbocycles. The fraction of sp³-hybridized carbons (Fsp3) is 0.400. The van der Waals surface area contributed by atoms with E-state index in [0.29, 0.717) is 6.04 Å². The number of aromatic nitrogens is 1. The van der Waals surface area contributed by atoms with E-state index in [4.69, 9.17) is 4.52 Å². The van der Waals surface area contributed by atoms with E-state index in [9.17, 15) is 4.79 Å². The van der Waals surface area contributed by atoms with Crippen LogP contribution < -0.4 is 0 Å². The van der Waals surface area contributed by atoms with Crippen LogP contribution in [0.15, 0.2) is 40.9 Å². The summed E-state index contributed by atoms with van der Waals surface area (Å²) < 4.78 is 5.41. The Hall–Kier alpha value is -2.18. The second kappa shape index (κ2) is 7.21. The van der Waals surface area contributed by atoms with E-state index in [2.05, 4.69) is 23.2 Å². The van der Waals surface area contributed by atoms with Crippen molar-refractivity contribution in [2.45, 2.75) is 32.4 Å². The molecule has 0 N–H and O–H groups in total. The molecule has 0 atom stereocenters. The zero-order valence-electron chi connectivity index (χ0n) is 15.1. The number of aryl methyl sites for hydroxylation is 1. The van der Waals surface area contributed by atoms with Gasteiger partial charge in [0.15, 0.2) is 5.58 Å². The summed E-state index contributed by atoms with van der Waals surface area (Å²) in [6.07, 6.45) is 1.98. The van der Waals surface area contributed by atoms with Gasteiger partial charge < -0.3 is 9.42 Å². The van der Waals surface area contributed by atoms with Gasteiger partial charge in [-0.25, -0.2) is 0 Å². The molecule has 3 heterocycles. The number of benzene rings is 1. The van der Waals surface area contributed by atoms with Gasteiger partial charge in [-0.1, -0.05) is 17.3 Å². The van der Waals surface area contributed by atoms with Crippen molar-refractivity contribution < 1.29 is 9.32 Å². The number of likely N-dealkylation sites (tertiary alicyclic amines) is 1. The highest BCUT2D eigenvalue weighted by Crippen LogP contribution is 2.24.